The number of nitro groups is 1. The molecule has 4 aromatic rings. The summed E-state index contributed by atoms with van der Waals surface area (Å²) in [7, 11) is 1.60. The summed E-state index contributed by atoms with van der Waals surface area (Å²) in [4.78, 5) is 17.7. The van der Waals surface area contributed by atoms with Gasteiger partial charge in [-0.3, -0.25) is 10.1 Å². The van der Waals surface area contributed by atoms with Gasteiger partial charge in [0.1, 0.15) is 5.75 Å². The summed E-state index contributed by atoms with van der Waals surface area (Å²) in [6, 6.07) is 17.9. The maximum absolute atomic E-state index is 11.3. The number of rotatable bonds is 9. The molecule has 8 nitrogen and oxygen atoms in total. The second kappa shape index (κ2) is 10.0. The predicted octanol–water partition coefficient (Wildman–Crippen LogP) is 5.42. The molecule has 1 aromatic heterocycles. The summed E-state index contributed by atoms with van der Waals surface area (Å²) >= 11 is 0. The summed E-state index contributed by atoms with van der Waals surface area (Å²) < 4.78 is 5.60. The van der Waals surface area contributed by atoms with E-state index in [2.05, 4.69) is 29.0 Å². The molecule has 0 aliphatic carbocycles. The molecule has 0 amide bonds. The Hall–Kier alpha value is -3.75. The quantitative estimate of drug-likeness (QED) is 0.195. The molecule has 0 aliphatic heterocycles. The number of aliphatic hydroxyl groups is 1. The van der Waals surface area contributed by atoms with Crippen molar-refractivity contribution in [2.45, 2.75) is 20.0 Å². The molecule has 0 fully saturated rings. The van der Waals surface area contributed by atoms with E-state index in [1.165, 1.54) is 12.1 Å². The van der Waals surface area contributed by atoms with Gasteiger partial charge in [0.15, 0.2) is 0 Å². The molecule has 0 bridgehead atoms. The van der Waals surface area contributed by atoms with E-state index in [1.54, 1.807) is 13.2 Å². The zero-order valence-corrected chi connectivity index (χ0v) is 19.5. The molecular formula is C26H28N4O4. The molecular weight excluding hydrogens is 432 g/mol. The number of hydrogen-bond acceptors (Lipinski definition) is 7. The number of non-ortho nitro benzene ring substituents is 1. The molecule has 0 radical (unpaired) electrons. The number of likely N-dealkylation sites (N-methyl/N-ethyl adjacent to an activating group) is 1. The van der Waals surface area contributed by atoms with Crippen LogP contribution in [0.4, 0.5) is 17.1 Å². The van der Waals surface area contributed by atoms with Gasteiger partial charge in [0.25, 0.3) is 5.69 Å². The highest BCUT2D eigenvalue weighted by Crippen LogP contribution is 2.39. The van der Waals surface area contributed by atoms with Gasteiger partial charge in [-0.05, 0) is 49.0 Å². The van der Waals surface area contributed by atoms with Crippen molar-refractivity contribution in [1.82, 2.24) is 9.88 Å². The average Bonchev–Trinajstić information content (AvgIpc) is 2.86. The van der Waals surface area contributed by atoms with Crippen molar-refractivity contribution < 1.29 is 14.8 Å². The van der Waals surface area contributed by atoms with Crippen LogP contribution in [0.5, 0.6) is 5.75 Å². The van der Waals surface area contributed by atoms with E-state index in [0.29, 0.717) is 23.3 Å². The summed E-state index contributed by atoms with van der Waals surface area (Å²) in [5, 5.41) is 26.9. The number of benzene rings is 3. The number of nitrogens with zero attached hydrogens (tertiary/aromatic N) is 3. The van der Waals surface area contributed by atoms with Gasteiger partial charge in [-0.25, -0.2) is 4.98 Å². The fourth-order valence-electron chi connectivity index (χ4n) is 4.13. The van der Waals surface area contributed by atoms with Crippen LogP contribution in [0.25, 0.3) is 21.8 Å². The van der Waals surface area contributed by atoms with Crippen LogP contribution in [0.2, 0.25) is 0 Å². The summed E-state index contributed by atoms with van der Waals surface area (Å²) in [6.45, 7) is 6.51. The lowest BCUT2D eigenvalue weighted by molar-refractivity contribution is -0.384. The van der Waals surface area contributed by atoms with E-state index in [9.17, 15) is 15.2 Å². The highest BCUT2D eigenvalue weighted by atomic mass is 16.6. The Morgan fingerprint density at radius 1 is 1.09 bits per heavy atom. The van der Waals surface area contributed by atoms with E-state index in [1.807, 2.05) is 42.5 Å². The molecule has 2 N–H and O–H groups in total. The number of fused-ring (bicyclic) bond motifs is 2. The first kappa shape index (κ1) is 23.4. The first-order valence-corrected chi connectivity index (χ1v) is 11.3. The van der Waals surface area contributed by atoms with Crippen molar-refractivity contribution in [3.05, 3.63) is 76.3 Å². The molecule has 1 unspecified atom stereocenters. The van der Waals surface area contributed by atoms with Crippen molar-refractivity contribution in [3.8, 4) is 5.75 Å². The van der Waals surface area contributed by atoms with E-state index < -0.39 is 11.0 Å². The second-order valence-corrected chi connectivity index (χ2v) is 8.05. The Balaban J connectivity index is 1.76. The maximum Gasteiger partial charge on any atom is 0.271 e. The molecule has 0 spiro atoms. The van der Waals surface area contributed by atoms with E-state index in [4.69, 9.17) is 4.74 Å². The number of nitro benzene ring substituents is 1. The molecule has 1 atom stereocenters. The van der Waals surface area contributed by atoms with Crippen LogP contribution in [0.1, 0.15) is 25.5 Å². The number of aliphatic hydroxyl groups excluding tert-OH is 1. The molecule has 8 heteroatoms. The fraction of sp³-hybridized carbons (Fsp3) is 0.269. The molecule has 34 heavy (non-hydrogen) atoms. The number of aromatic nitrogens is 1. The lowest BCUT2D eigenvalue weighted by atomic mass is 10.0. The molecule has 1 heterocycles. The number of ether oxygens (including phenoxy) is 1. The van der Waals surface area contributed by atoms with E-state index >= 15 is 0 Å². The number of pyridine rings is 1. The van der Waals surface area contributed by atoms with Crippen LogP contribution >= 0.6 is 0 Å². The zero-order chi connectivity index (χ0) is 24.2. The summed E-state index contributed by atoms with van der Waals surface area (Å²) in [5.74, 6) is 0.652. The van der Waals surface area contributed by atoms with Crippen molar-refractivity contribution in [3.63, 3.8) is 0 Å². The van der Waals surface area contributed by atoms with E-state index in [-0.39, 0.29) is 5.69 Å². The zero-order valence-electron chi connectivity index (χ0n) is 19.5. The third-order valence-corrected chi connectivity index (χ3v) is 6.07. The number of anilines is 2. The normalized spacial score (nSPS) is 12.3. The standard InChI is InChI=1S/C26H28N4O4/c1-4-29(5-2)16-23(31)17-9-11-18(12-10-17)27-26-20-14-13-19(30(32)33)15-22(20)28-21-7-6-8-24(34-3)25(21)26/h6-15,23,31H,4-5,16H2,1-3H3,(H,27,28). The number of methoxy groups -OCH3 is 1. The van der Waals surface area contributed by atoms with Crippen LogP contribution in [-0.2, 0) is 0 Å². The Morgan fingerprint density at radius 3 is 2.47 bits per heavy atom. The van der Waals surface area contributed by atoms with Crippen LogP contribution in [0.3, 0.4) is 0 Å². The fourth-order valence-corrected chi connectivity index (χ4v) is 4.13. The first-order valence-electron chi connectivity index (χ1n) is 11.3. The van der Waals surface area contributed by atoms with Crippen molar-refractivity contribution in [2.75, 3.05) is 32.1 Å². The summed E-state index contributed by atoms with van der Waals surface area (Å²) in [5.41, 5.74) is 3.58. The number of hydrogen-bond donors (Lipinski definition) is 2. The molecule has 176 valence electrons. The monoisotopic (exact) mass is 460 g/mol. The average molecular weight is 461 g/mol. The molecule has 4 rings (SSSR count). The van der Waals surface area contributed by atoms with Crippen LogP contribution in [0, 0.1) is 10.1 Å². The van der Waals surface area contributed by atoms with Gasteiger partial charge in [-0.15, -0.1) is 0 Å². The van der Waals surface area contributed by atoms with Gasteiger partial charge in [0.05, 0.1) is 40.2 Å². The Morgan fingerprint density at radius 2 is 1.82 bits per heavy atom. The molecule has 0 saturated carbocycles. The minimum Gasteiger partial charge on any atom is -0.496 e. The summed E-state index contributed by atoms with van der Waals surface area (Å²) in [6.07, 6.45) is -0.572. The van der Waals surface area contributed by atoms with Gasteiger partial charge >= 0.3 is 0 Å². The van der Waals surface area contributed by atoms with Gasteiger partial charge in [0, 0.05) is 29.8 Å². The topological polar surface area (TPSA) is 101 Å². The largest absolute Gasteiger partial charge is 0.496 e. The van der Waals surface area contributed by atoms with Crippen molar-refractivity contribution in [2.24, 2.45) is 0 Å². The van der Waals surface area contributed by atoms with Crippen molar-refractivity contribution in [1.29, 1.82) is 0 Å². The maximum atomic E-state index is 11.3. The van der Waals surface area contributed by atoms with Gasteiger partial charge in [-0.2, -0.15) is 0 Å². The van der Waals surface area contributed by atoms with Crippen molar-refractivity contribution >= 4 is 38.9 Å². The first-order chi connectivity index (χ1) is 16.4. The van der Waals surface area contributed by atoms with Crippen LogP contribution in [0.15, 0.2) is 60.7 Å². The SMILES string of the molecule is CCN(CC)CC(O)c1ccc(Nc2c3ccc([N+](=O)[O-])cc3nc3cccc(OC)c23)cc1. The van der Waals surface area contributed by atoms with Crippen LogP contribution < -0.4 is 10.1 Å². The third kappa shape index (κ3) is 4.64. The number of nitrogens with one attached hydrogen (secondary N) is 1. The Bertz CT molecular complexity index is 1320. The minimum absolute atomic E-state index is 0.0141. The molecule has 0 aliphatic rings. The lowest BCUT2D eigenvalue weighted by Crippen LogP contribution is -2.28. The van der Waals surface area contributed by atoms with Crippen LogP contribution in [-0.4, -0.2) is 46.7 Å². The van der Waals surface area contributed by atoms with E-state index in [0.717, 1.165) is 40.8 Å². The smallest absolute Gasteiger partial charge is 0.271 e. The minimum atomic E-state index is -0.572. The highest BCUT2D eigenvalue weighted by molar-refractivity contribution is 6.11. The molecule has 0 saturated heterocycles. The lowest BCUT2D eigenvalue weighted by Gasteiger charge is -2.22. The van der Waals surface area contributed by atoms with Gasteiger partial charge in [0.2, 0.25) is 0 Å². The Kier molecular flexibility index (Phi) is 6.90. The third-order valence-electron chi connectivity index (χ3n) is 6.07. The predicted molar refractivity (Wildman–Crippen MR) is 135 cm³/mol. The van der Waals surface area contributed by atoms with Gasteiger partial charge < -0.3 is 20.1 Å². The Labute approximate surface area is 197 Å². The highest BCUT2D eigenvalue weighted by Gasteiger charge is 2.17. The molecule has 3 aromatic carbocycles. The second-order valence-electron chi connectivity index (χ2n) is 8.05. The van der Waals surface area contributed by atoms with Gasteiger partial charge in [-0.1, -0.05) is 32.0 Å².